The highest BCUT2D eigenvalue weighted by atomic mass is 35.5. The summed E-state index contributed by atoms with van der Waals surface area (Å²) >= 11 is 9.11. The van der Waals surface area contributed by atoms with Gasteiger partial charge in [-0.3, -0.25) is 4.79 Å². The molecule has 0 fully saturated rings. The molecule has 0 saturated carbocycles. The second kappa shape index (κ2) is 6.78. The Hall–Kier alpha value is -1.76. The number of aromatic nitrogens is 1. The first-order valence-corrected chi connectivity index (χ1v) is 9.06. The molecule has 2 aromatic heterocycles. The second-order valence-electron chi connectivity index (χ2n) is 4.75. The fraction of sp³-hybridized carbons (Fsp3) is 0.125. The Morgan fingerprint density at radius 3 is 2.78 bits per heavy atom. The van der Waals surface area contributed by atoms with Gasteiger partial charge in [-0.05, 0) is 36.1 Å². The van der Waals surface area contributed by atoms with Crippen molar-refractivity contribution < 1.29 is 14.3 Å². The average Bonchev–Trinajstić information content (AvgIpc) is 3.19. The molecule has 0 aliphatic rings. The van der Waals surface area contributed by atoms with Crippen LogP contribution in [0.5, 0.6) is 0 Å². The van der Waals surface area contributed by atoms with Gasteiger partial charge in [0.1, 0.15) is 12.2 Å². The van der Waals surface area contributed by atoms with E-state index in [1.54, 1.807) is 11.8 Å². The SMILES string of the molecule is CSc1ccc(C(C(=O)O)c2cocn2)cc1-c1ccc(Cl)s1. The summed E-state index contributed by atoms with van der Waals surface area (Å²) < 4.78 is 5.63. The number of hydrogen-bond donors (Lipinski definition) is 1. The van der Waals surface area contributed by atoms with E-state index in [9.17, 15) is 9.90 Å². The molecule has 0 saturated heterocycles. The summed E-state index contributed by atoms with van der Waals surface area (Å²) in [6.45, 7) is 0. The topological polar surface area (TPSA) is 63.3 Å². The molecule has 3 aromatic rings. The summed E-state index contributed by atoms with van der Waals surface area (Å²) in [4.78, 5) is 17.8. The molecule has 1 N–H and O–H groups in total. The van der Waals surface area contributed by atoms with Crippen molar-refractivity contribution in [2.45, 2.75) is 10.8 Å². The highest BCUT2D eigenvalue weighted by molar-refractivity contribution is 7.98. The molecule has 23 heavy (non-hydrogen) atoms. The van der Waals surface area contributed by atoms with Gasteiger partial charge in [-0.25, -0.2) is 4.98 Å². The number of aliphatic carboxylic acids is 1. The summed E-state index contributed by atoms with van der Waals surface area (Å²) in [7, 11) is 0. The molecule has 3 rings (SSSR count). The number of thioether (sulfide) groups is 1. The van der Waals surface area contributed by atoms with Gasteiger partial charge in [0.25, 0.3) is 0 Å². The van der Waals surface area contributed by atoms with Crippen molar-refractivity contribution in [2.75, 3.05) is 6.26 Å². The van der Waals surface area contributed by atoms with Crippen LogP contribution < -0.4 is 0 Å². The van der Waals surface area contributed by atoms with E-state index < -0.39 is 11.9 Å². The first-order chi connectivity index (χ1) is 11.1. The smallest absolute Gasteiger partial charge is 0.317 e. The maximum atomic E-state index is 11.7. The summed E-state index contributed by atoms with van der Waals surface area (Å²) in [5, 5.41) is 9.59. The van der Waals surface area contributed by atoms with Crippen LogP contribution in [-0.4, -0.2) is 22.3 Å². The molecule has 0 aliphatic heterocycles. The summed E-state index contributed by atoms with van der Waals surface area (Å²) in [6, 6.07) is 9.42. The fourth-order valence-electron chi connectivity index (χ4n) is 2.36. The van der Waals surface area contributed by atoms with Crippen molar-refractivity contribution in [1.29, 1.82) is 0 Å². The van der Waals surface area contributed by atoms with Crippen molar-refractivity contribution in [3.8, 4) is 10.4 Å². The zero-order valence-electron chi connectivity index (χ0n) is 12.0. The van der Waals surface area contributed by atoms with Crippen LogP contribution in [0.4, 0.5) is 0 Å². The predicted molar refractivity (Wildman–Crippen MR) is 92.5 cm³/mol. The van der Waals surface area contributed by atoms with E-state index in [0.29, 0.717) is 15.6 Å². The van der Waals surface area contributed by atoms with Crippen LogP contribution in [0.3, 0.4) is 0 Å². The number of rotatable bonds is 5. The van der Waals surface area contributed by atoms with Gasteiger partial charge in [-0.15, -0.1) is 23.1 Å². The van der Waals surface area contributed by atoms with E-state index in [0.717, 1.165) is 15.3 Å². The van der Waals surface area contributed by atoms with Gasteiger partial charge in [-0.1, -0.05) is 17.7 Å². The first-order valence-electron chi connectivity index (χ1n) is 6.64. The van der Waals surface area contributed by atoms with Gasteiger partial charge >= 0.3 is 5.97 Å². The Morgan fingerprint density at radius 1 is 1.39 bits per heavy atom. The molecule has 0 aliphatic carbocycles. The van der Waals surface area contributed by atoms with Crippen LogP contribution in [0.15, 0.2) is 52.3 Å². The van der Waals surface area contributed by atoms with E-state index >= 15 is 0 Å². The zero-order valence-corrected chi connectivity index (χ0v) is 14.4. The Labute approximate surface area is 146 Å². The molecule has 0 spiro atoms. The number of thiophene rings is 1. The summed E-state index contributed by atoms with van der Waals surface area (Å²) in [6.07, 6.45) is 4.59. The molecule has 0 radical (unpaired) electrons. The number of oxazole rings is 1. The third-order valence-corrected chi connectivity index (χ3v) is 5.45. The largest absolute Gasteiger partial charge is 0.480 e. The third-order valence-electron chi connectivity index (χ3n) is 3.39. The molecule has 1 unspecified atom stereocenters. The number of halogens is 1. The van der Waals surface area contributed by atoms with Crippen LogP contribution in [0, 0.1) is 0 Å². The number of carboxylic acid groups (broad SMARTS) is 1. The van der Waals surface area contributed by atoms with E-state index in [1.165, 1.54) is 24.0 Å². The molecule has 118 valence electrons. The van der Waals surface area contributed by atoms with Crippen molar-refractivity contribution in [2.24, 2.45) is 0 Å². The Morgan fingerprint density at radius 2 is 2.22 bits per heavy atom. The number of hydrogen-bond acceptors (Lipinski definition) is 5. The Kier molecular flexibility index (Phi) is 4.75. The third kappa shape index (κ3) is 3.29. The Balaban J connectivity index is 2.11. The molecular formula is C16H12ClNO3S2. The lowest BCUT2D eigenvalue weighted by Crippen LogP contribution is -2.13. The van der Waals surface area contributed by atoms with E-state index in [-0.39, 0.29) is 0 Å². The highest BCUT2D eigenvalue weighted by Gasteiger charge is 2.25. The van der Waals surface area contributed by atoms with Crippen molar-refractivity contribution >= 4 is 40.7 Å². The van der Waals surface area contributed by atoms with Crippen molar-refractivity contribution in [3.05, 3.63) is 58.6 Å². The van der Waals surface area contributed by atoms with Crippen LogP contribution in [0.1, 0.15) is 17.2 Å². The minimum atomic E-state index is -0.967. The average molecular weight is 366 g/mol. The van der Waals surface area contributed by atoms with Gasteiger partial charge in [0.2, 0.25) is 0 Å². The molecule has 2 heterocycles. The molecule has 4 nitrogen and oxygen atoms in total. The van der Waals surface area contributed by atoms with E-state index in [1.807, 2.05) is 36.6 Å². The number of carboxylic acids is 1. The van der Waals surface area contributed by atoms with Crippen LogP contribution in [0.2, 0.25) is 4.34 Å². The second-order valence-corrected chi connectivity index (χ2v) is 7.31. The minimum absolute atomic E-state index is 0.379. The lowest BCUT2D eigenvalue weighted by atomic mass is 9.94. The maximum absolute atomic E-state index is 11.7. The lowest BCUT2D eigenvalue weighted by Gasteiger charge is -2.13. The van der Waals surface area contributed by atoms with Crippen LogP contribution in [-0.2, 0) is 4.79 Å². The lowest BCUT2D eigenvalue weighted by molar-refractivity contribution is -0.137. The Bertz CT molecular complexity index is 830. The zero-order chi connectivity index (χ0) is 16.4. The van der Waals surface area contributed by atoms with Gasteiger partial charge in [0.15, 0.2) is 6.39 Å². The van der Waals surface area contributed by atoms with Gasteiger partial charge in [-0.2, -0.15) is 0 Å². The van der Waals surface area contributed by atoms with Crippen LogP contribution in [0.25, 0.3) is 10.4 Å². The highest BCUT2D eigenvalue weighted by Crippen LogP contribution is 2.39. The first kappa shape index (κ1) is 16.1. The molecule has 7 heteroatoms. The van der Waals surface area contributed by atoms with Crippen molar-refractivity contribution in [1.82, 2.24) is 4.98 Å². The monoisotopic (exact) mass is 365 g/mol. The van der Waals surface area contributed by atoms with Gasteiger partial charge in [0, 0.05) is 15.3 Å². The number of carbonyl (C=O) groups is 1. The normalized spacial score (nSPS) is 12.3. The molecule has 0 bridgehead atoms. The standard InChI is InChI=1S/C16H12ClNO3S2/c1-22-12-3-2-9(6-10(12)13-4-5-14(17)23-13)15(16(19)20)11-7-21-8-18-11/h2-8,15H,1H3,(H,19,20). The maximum Gasteiger partial charge on any atom is 0.317 e. The predicted octanol–water partition coefficient (Wildman–Crippen LogP) is 4.99. The van der Waals surface area contributed by atoms with Gasteiger partial charge in [0.05, 0.1) is 10.0 Å². The van der Waals surface area contributed by atoms with E-state index in [2.05, 4.69) is 4.98 Å². The summed E-state index contributed by atoms with van der Waals surface area (Å²) in [5.41, 5.74) is 2.01. The minimum Gasteiger partial charge on any atom is -0.480 e. The van der Waals surface area contributed by atoms with E-state index in [4.69, 9.17) is 16.0 Å². The summed E-state index contributed by atoms with van der Waals surface area (Å²) in [5.74, 6) is -1.83. The number of nitrogens with zero attached hydrogens (tertiary/aromatic N) is 1. The molecule has 1 aromatic carbocycles. The molecule has 1 atom stereocenters. The molecule has 0 amide bonds. The van der Waals surface area contributed by atoms with Gasteiger partial charge < -0.3 is 9.52 Å². The quantitative estimate of drug-likeness (QED) is 0.645. The fourth-order valence-corrected chi connectivity index (χ4v) is 4.09. The van der Waals surface area contributed by atoms with Crippen LogP contribution >= 0.6 is 34.7 Å². The van der Waals surface area contributed by atoms with Crippen molar-refractivity contribution in [3.63, 3.8) is 0 Å². The number of benzene rings is 1. The molecular weight excluding hydrogens is 354 g/mol.